The van der Waals surface area contributed by atoms with Gasteiger partial charge in [0.25, 0.3) is 0 Å². The molecule has 0 aliphatic heterocycles. The number of fused-ring (bicyclic) bond motifs is 12. The van der Waals surface area contributed by atoms with Gasteiger partial charge in [-0.3, -0.25) is 0 Å². The smallest absolute Gasteiger partial charge is 0.227 e. The van der Waals surface area contributed by atoms with E-state index in [0.29, 0.717) is 87.1 Å². The summed E-state index contributed by atoms with van der Waals surface area (Å²) in [5.41, 5.74) is 23.1. The maximum Gasteiger partial charge on any atom is 0.227 e. The molecule has 4 aromatic carbocycles. The first kappa shape index (κ1) is 62.7. The Morgan fingerprint density at radius 1 is 0.316 bits per heavy atom. The zero-order valence-corrected chi connectivity index (χ0v) is 70.4. The number of aryl methyl sites for hydroxylation is 14. The van der Waals surface area contributed by atoms with E-state index >= 15 is 0 Å². The van der Waals surface area contributed by atoms with Gasteiger partial charge in [0.15, 0.2) is 47.1 Å². The number of hydrogen-bond donors (Lipinski definition) is 0. The topological polar surface area (TPSA) is 120 Å². The highest BCUT2D eigenvalue weighted by Gasteiger charge is 2.29. The van der Waals surface area contributed by atoms with Crippen LogP contribution >= 0.6 is 0 Å². The van der Waals surface area contributed by atoms with Crippen LogP contribution in [0.1, 0.15) is 220 Å². The van der Waals surface area contributed by atoms with E-state index in [1.165, 1.54) is 12.4 Å². The minimum atomic E-state index is -2.44. The first-order valence-corrected chi connectivity index (χ1v) is 40.1. The van der Waals surface area contributed by atoms with Crippen LogP contribution in [0.4, 0.5) is 0 Å². The molecule has 0 radical (unpaired) electrons. The van der Waals surface area contributed by atoms with E-state index in [2.05, 4.69) is 129 Å². The van der Waals surface area contributed by atoms with Gasteiger partial charge >= 0.3 is 0 Å². The van der Waals surface area contributed by atoms with E-state index in [1.807, 2.05) is 111 Å². The molecule has 0 spiro atoms. The minimum Gasteiger partial charge on any atom is -0.437 e. The Morgan fingerprint density at radius 2 is 0.570 bits per heavy atom. The van der Waals surface area contributed by atoms with Crippen LogP contribution in [0.3, 0.4) is 0 Å². The van der Waals surface area contributed by atoms with Crippen LogP contribution in [0.15, 0.2) is 164 Å². The molecule has 12 nitrogen and oxygen atoms in total. The third-order valence-corrected chi connectivity index (χ3v) is 21.4. The van der Waals surface area contributed by atoms with Crippen LogP contribution in [0.25, 0.3) is 133 Å². The van der Waals surface area contributed by atoms with Crippen LogP contribution in [0.2, 0.25) is 0 Å². The summed E-state index contributed by atoms with van der Waals surface area (Å²) in [6.45, 7) is 26.9. The fourth-order valence-corrected chi connectivity index (χ4v) is 15.4. The zero-order valence-electron chi connectivity index (χ0n) is 86.4. The summed E-state index contributed by atoms with van der Waals surface area (Å²) in [4.78, 5) is 18.8. The van der Waals surface area contributed by atoms with Gasteiger partial charge in [0.05, 0.1) is 22.3 Å². The third kappa shape index (κ3) is 16.4. The molecule has 114 heavy (non-hydrogen) atoms. The highest BCUT2D eigenvalue weighted by Crippen LogP contribution is 2.43. The number of nitrogens with zero attached hydrogens (tertiary/aromatic N) is 8. The molecule has 0 fully saturated rings. The molecular formula is C102H120N8O4+4. The number of hydrogen-bond acceptors (Lipinski definition) is 8. The number of pyridine rings is 8. The molecule has 588 valence electrons. The van der Waals surface area contributed by atoms with Gasteiger partial charge in [-0.05, 0) is 222 Å². The standard InChI is InChI=1S/2C26H31N2O.2C25H29N2O/c2*1-15(2)12-19-13-23(28(7)14-18(19)6)24-17(5)8-9-20-21-10-11-22(16(3)4)27-26(21)29-25(20)24;2*1-7-19-9-11-21-20-10-8-16(4)23(24(20)28-25(21)26-19)22-13-18(12-15(2)3)17(5)14-27(22)6/h2*8-11,13-16H,12H2,1-7H3;2*8-11,13-15H,7,12H2,1-6H3/q4*+1/i6D3,12D2;6D3;5D3,12D2;5D3. The Balaban J connectivity index is 0.000000148. The lowest BCUT2D eigenvalue weighted by molar-refractivity contribution is -0.660. The minimum absolute atomic E-state index is 0.0233. The van der Waals surface area contributed by atoms with E-state index in [1.54, 1.807) is 75.5 Å². The summed E-state index contributed by atoms with van der Waals surface area (Å²) in [5, 5.41) is 7.72. The SMILES string of the molecule is [2H]C([2H])([2H])c1c[n+](C)c(-c2c(C)ccc3c2oc2nc(C(C)C)ccc23)cc1C([2H])([2H])C(C)C.[2H]C([2H])([2H])c1c[n+](C)c(-c2c(C)ccc3c2oc2nc(C(C)C)ccc23)cc1CC(C)C.[2H]C([2H])([2H])c1c[n+](C)c(-c2c(C)ccc3c2oc2nc(CC)ccc23)cc1C([2H])([2H])C(C)C.[2H]C([2H])([2H])c1c[n+](C)c(-c2c(C)ccc3c2oc2nc(CC)ccc23)cc1CC(C)C. The lowest BCUT2D eigenvalue weighted by atomic mass is 9.95. The molecule has 0 N–H and O–H groups in total. The van der Waals surface area contributed by atoms with Gasteiger partial charge in [-0.2, -0.15) is 0 Å². The summed E-state index contributed by atoms with van der Waals surface area (Å²) in [7, 11) is 7.38. The highest BCUT2D eigenvalue weighted by molar-refractivity contribution is 6.12. The van der Waals surface area contributed by atoms with E-state index < -0.39 is 52.0 Å². The van der Waals surface area contributed by atoms with Crippen molar-refractivity contribution in [3.8, 4) is 45.0 Å². The Labute approximate surface area is 697 Å². The lowest BCUT2D eigenvalue weighted by Gasteiger charge is -2.11. The van der Waals surface area contributed by atoms with Crippen molar-refractivity contribution >= 4 is 88.3 Å². The van der Waals surface area contributed by atoms with Gasteiger partial charge in [0, 0.05) is 134 Å². The molecule has 12 aromatic heterocycles. The van der Waals surface area contributed by atoms with Gasteiger partial charge in [-0.15, -0.1) is 0 Å². The fraction of sp³-hybridized carbons (Fsp3) is 0.373. The second-order valence-electron chi connectivity index (χ2n) is 32.9. The summed E-state index contributed by atoms with van der Waals surface area (Å²) < 4.78 is 164. The fourth-order valence-electron chi connectivity index (χ4n) is 15.4. The van der Waals surface area contributed by atoms with Crippen molar-refractivity contribution in [1.82, 2.24) is 19.9 Å². The van der Waals surface area contributed by atoms with Crippen LogP contribution in [-0.4, -0.2) is 19.9 Å². The Kier molecular flexibility index (Phi) is 18.4. The van der Waals surface area contributed by atoms with Gasteiger partial charge in [0.1, 0.15) is 28.2 Å². The van der Waals surface area contributed by atoms with Crippen molar-refractivity contribution in [2.75, 3.05) is 0 Å². The maximum atomic E-state index is 8.71. The van der Waals surface area contributed by atoms with Crippen molar-refractivity contribution in [3.63, 3.8) is 0 Å². The average molecular weight is 1540 g/mol. The largest absolute Gasteiger partial charge is 0.437 e. The predicted octanol–water partition coefficient (Wildman–Crippen LogP) is 24.5. The van der Waals surface area contributed by atoms with E-state index in [-0.39, 0.29) is 28.2 Å². The van der Waals surface area contributed by atoms with Crippen molar-refractivity contribution in [3.05, 3.63) is 236 Å². The summed E-state index contributed by atoms with van der Waals surface area (Å²) in [6.07, 6.45) is 6.01. The molecule has 0 saturated carbocycles. The molecule has 16 aromatic rings. The molecule has 0 atom stereocenters. The normalized spacial score (nSPS) is 14.7. The van der Waals surface area contributed by atoms with Crippen molar-refractivity contribution in [2.45, 2.75) is 202 Å². The van der Waals surface area contributed by atoms with Gasteiger partial charge < -0.3 is 17.7 Å². The molecule has 0 aliphatic rings. The van der Waals surface area contributed by atoms with Gasteiger partial charge in [-0.25, -0.2) is 38.2 Å². The maximum absolute atomic E-state index is 8.71. The number of rotatable bonds is 16. The Morgan fingerprint density at radius 3 is 0.825 bits per heavy atom. The molecule has 12 heterocycles. The Hall–Kier alpha value is -10.7. The average Bonchev–Trinajstić information content (AvgIpc) is 1.52. The molecule has 0 amide bonds. The number of aromatic nitrogens is 8. The summed E-state index contributed by atoms with van der Waals surface area (Å²) in [6, 6.07) is 40.2. The first-order chi connectivity index (χ1) is 60.6. The Bertz CT molecular complexity index is 7040. The van der Waals surface area contributed by atoms with Crippen molar-refractivity contribution < 1.29 is 57.9 Å². The van der Waals surface area contributed by atoms with Crippen LogP contribution in [0, 0.1) is 78.8 Å². The molecule has 12 heteroatoms. The second kappa shape index (κ2) is 33.4. The quantitative estimate of drug-likeness (QED) is 0.0878. The predicted molar refractivity (Wildman–Crippen MR) is 472 cm³/mol. The van der Waals surface area contributed by atoms with E-state index in [0.717, 1.165) is 157 Å². The number of benzene rings is 4. The van der Waals surface area contributed by atoms with E-state index in [9.17, 15) is 0 Å². The summed E-state index contributed by atoms with van der Waals surface area (Å²) in [5.74, 6) is 0.470. The van der Waals surface area contributed by atoms with Crippen LogP contribution in [0.5, 0.6) is 0 Å². The lowest BCUT2D eigenvalue weighted by Crippen LogP contribution is -2.32. The van der Waals surface area contributed by atoms with Crippen LogP contribution in [-0.2, 0) is 66.6 Å². The molecule has 0 bridgehead atoms. The van der Waals surface area contributed by atoms with Crippen LogP contribution < -0.4 is 18.3 Å². The number of furan rings is 4. The molecular weight excluding hydrogens is 1400 g/mol. The molecule has 0 unspecified atom stereocenters. The van der Waals surface area contributed by atoms with E-state index in [4.69, 9.17) is 49.6 Å². The van der Waals surface area contributed by atoms with Gasteiger partial charge in [0.2, 0.25) is 45.6 Å². The zero-order chi connectivity index (χ0) is 95.3. The highest BCUT2D eigenvalue weighted by atomic mass is 16.4. The molecule has 0 aliphatic carbocycles. The first-order valence-electron chi connectivity index (χ1n) is 48.1. The van der Waals surface area contributed by atoms with Crippen molar-refractivity contribution in [1.29, 1.82) is 0 Å². The molecule has 16 rings (SSSR count). The summed E-state index contributed by atoms with van der Waals surface area (Å²) >= 11 is 0. The second-order valence-corrected chi connectivity index (χ2v) is 32.9. The molecule has 0 saturated heterocycles. The third-order valence-electron chi connectivity index (χ3n) is 21.4. The van der Waals surface area contributed by atoms with Gasteiger partial charge in [-0.1, -0.05) is 145 Å². The monoisotopic (exact) mass is 1540 g/mol. The van der Waals surface area contributed by atoms with Crippen molar-refractivity contribution in [2.24, 2.45) is 51.9 Å².